The zero-order valence-corrected chi connectivity index (χ0v) is 12.0. The van der Waals surface area contributed by atoms with E-state index in [-0.39, 0.29) is 11.2 Å². The second-order valence-electron chi connectivity index (χ2n) is 4.89. The Bertz CT molecular complexity index is 777. The lowest BCUT2D eigenvalue weighted by molar-refractivity contribution is 0.626. The molecular weight excluding hydrogens is 275 g/mol. The summed E-state index contributed by atoms with van der Waals surface area (Å²) < 4.78 is 15.4. The molecule has 0 saturated carbocycles. The smallest absolute Gasteiger partial charge is 0.132 e. The lowest BCUT2D eigenvalue weighted by Crippen LogP contribution is -2.02. The van der Waals surface area contributed by atoms with Crippen LogP contribution in [0.25, 0.3) is 16.7 Å². The Balaban J connectivity index is 2.36. The molecule has 0 aliphatic rings. The van der Waals surface area contributed by atoms with Gasteiger partial charge >= 0.3 is 0 Å². The summed E-state index contributed by atoms with van der Waals surface area (Å²) in [6, 6.07) is 12.5. The molecule has 3 aromatic rings. The third-order valence-corrected chi connectivity index (χ3v) is 3.45. The summed E-state index contributed by atoms with van der Waals surface area (Å²) in [5.41, 5.74) is 3.67. The Labute approximate surface area is 121 Å². The van der Waals surface area contributed by atoms with Gasteiger partial charge in [-0.1, -0.05) is 12.1 Å². The number of aromatic nitrogens is 2. The van der Waals surface area contributed by atoms with Crippen LogP contribution in [0.3, 0.4) is 0 Å². The molecule has 4 heteroatoms. The average Bonchev–Trinajstić information content (AvgIpc) is 2.77. The number of nitrogens with zero attached hydrogens (tertiary/aromatic N) is 2. The molecule has 0 bridgehead atoms. The second kappa shape index (κ2) is 4.91. The molecule has 0 N–H and O–H groups in total. The third kappa shape index (κ3) is 2.18. The minimum Gasteiger partial charge on any atom is -0.295 e. The Morgan fingerprint density at radius 1 is 1.20 bits per heavy atom. The molecule has 1 atom stereocenters. The summed E-state index contributed by atoms with van der Waals surface area (Å²) in [7, 11) is 0. The first kappa shape index (κ1) is 13.1. The highest BCUT2D eigenvalue weighted by molar-refractivity contribution is 6.20. The monoisotopic (exact) mass is 288 g/mol. The Kier molecular flexibility index (Phi) is 3.22. The van der Waals surface area contributed by atoms with Gasteiger partial charge in [0.25, 0.3) is 0 Å². The fraction of sp³-hybridized carbons (Fsp3) is 0.188. The third-order valence-electron chi connectivity index (χ3n) is 3.26. The van der Waals surface area contributed by atoms with E-state index in [1.165, 1.54) is 12.1 Å². The predicted molar refractivity (Wildman–Crippen MR) is 80.0 cm³/mol. The molecule has 1 unspecified atom stereocenters. The molecule has 0 aliphatic heterocycles. The van der Waals surface area contributed by atoms with Gasteiger partial charge in [0, 0.05) is 0 Å². The number of benzene rings is 2. The Morgan fingerprint density at radius 2 is 2.00 bits per heavy atom. The molecule has 0 fully saturated rings. The van der Waals surface area contributed by atoms with Crippen LogP contribution in [0.5, 0.6) is 0 Å². The fourth-order valence-corrected chi connectivity index (χ4v) is 2.50. The summed E-state index contributed by atoms with van der Waals surface area (Å²) in [4.78, 5) is 4.57. The number of halogens is 2. The molecular formula is C16H14ClFN2. The first-order chi connectivity index (χ1) is 9.56. The number of rotatable bonds is 2. The number of aryl methyl sites for hydroxylation is 1. The zero-order valence-electron chi connectivity index (χ0n) is 11.3. The van der Waals surface area contributed by atoms with Gasteiger partial charge in [-0.2, -0.15) is 0 Å². The van der Waals surface area contributed by atoms with Crippen LogP contribution in [-0.2, 0) is 0 Å². The maximum Gasteiger partial charge on any atom is 0.132 e. The lowest BCUT2D eigenvalue weighted by Gasteiger charge is -2.10. The summed E-state index contributed by atoms with van der Waals surface area (Å²) in [6.45, 7) is 3.89. The van der Waals surface area contributed by atoms with E-state index < -0.39 is 0 Å². The molecule has 2 nitrogen and oxygen atoms in total. The lowest BCUT2D eigenvalue weighted by atomic mass is 10.2. The topological polar surface area (TPSA) is 17.8 Å². The van der Waals surface area contributed by atoms with Crippen molar-refractivity contribution in [2.45, 2.75) is 19.2 Å². The molecule has 2 aromatic carbocycles. The molecule has 0 amide bonds. The standard InChI is InChI=1S/C16H14ClFN2/c1-10-6-7-14-15(8-10)20(16(19-14)11(2)17)13-5-3-4-12(18)9-13/h3-9,11H,1-2H3. The maximum atomic E-state index is 13.5. The van der Waals surface area contributed by atoms with Gasteiger partial charge in [0.05, 0.1) is 22.1 Å². The van der Waals surface area contributed by atoms with E-state index >= 15 is 0 Å². The van der Waals surface area contributed by atoms with Gasteiger partial charge in [0.15, 0.2) is 0 Å². The van der Waals surface area contributed by atoms with Crippen LogP contribution in [-0.4, -0.2) is 9.55 Å². The molecule has 0 spiro atoms. The molecule has 0 radical (unpaired) electrons. The van der Waals surface area contributed by atoms with Crippen molar-refractivity contribution in [2.24, 2.45) is 0 Å². The van der Waals surface area contributed by atoms with Crippen molar-refractivity contribution in [1.82, 2.24) is 9.55 Å². The minimum absolute atomic E-state index is 0.258. The molecule has 0 saturated heterocycles. The summed E-state index contributed by atoms with van der Waals surface area (Å²) >= 11 is 6.23. The van der Waals surface area contributed by atoms with Crippen LogP contribution in [0.15, 0.2) is 42.5 Å². The Morgan fingerprint density at radius 3 is 2.70 bits per heavy atom. The SMILES string of the molecule is Cc1ccc2nc(C(C)Cl)n(-c3cccc(F)c3)c2c1. The largest absolute Gasteiger partial charge is 0.295 e. The van der Waals surface area contributed by atoms with Gasteiger partial charge < -0.3 is 0 Å². The zero-order chi connectivity index (χ0) is 14.3. The van der Waals surface area contributed by atoms with E-state index in [1.54, 1.807) is 6.07 Å². The van der Waals surface area contributed by atoms with E-state index in [0.717, 1.165) is 28.1 Å². The van der Waals surface area contributed by atoms with Crippen LogP contribution < -0.4 is 0 Å². The van der Waals surface area contributed by atoms with Gasteiger partial charge in [-0.3, -0.25) is 4.57 Å². The highest BCUT2D eigenvalue weighted by atomic mass is 35.5. The first-order valence-electron chi connectivity index (χ1n) is 6.45. The highest BCUT2D eigenvalue weighted by Crippen LogP contribution is 2.28. The van der Waals surface area contributed by atoms with Crippen LogP contribution in [0.2, 0.25) is 0 Å². The van der Waals surface area contributed by atoms with Gasteiger partial charge in [-0.25, -0.2) is 9.37 Å². The summed E-state index contributed by atoms with van der Waals surface area (Å²) in [6.07, 6.45) is 0. The van der Waals surface area contributed by atoms with Crippen LogP contribution in [0, 0.1) is 12.7 Å². The van der Waals surface area contributed by atoms with Gasteiger partial charge in [-0.15, -0.1) is 11.6 Å². The maximum absolute atomic E-state index is 13.5. The van der Waals surface area contributed by atoms with Crippen molar-refractivity contribution in [3.8, 4) is 5.69 Å². The number of alkyl halides is 1. The molecule has 0 aliphatic carbocycles. The fourth-order valence-electron chi connectivity index (χ4n) is 2.36. The van der Waals surface area contributed by atoms with Crippen molar-refractivity contribution in [3.63, 3.8) is 0 Å². The van der Waals surface area contributed by atoms with Crippen LogP contribution in [0.4, 0.5) is 4.39 Å². The normalized spacial score (nSPS) is 12.8. The van der Waals surface area contributed by atoms with E-state index in [9.17, 15) is 4.39 Å². The van der Waals surface area contributed by atoms with Crippen molar-refractivity contribution in [1.29, 1.82) is 0 Å². The second-order valence-corrected chi connectivity index (χ2v) is 5.55. The minimum atomic E-state index is -0.273. The highest BCUT2D eigenvalue weighted by Gasteiger charge is 2.16. The first-order valence-corrected chi connectivity index (χ1v) is 6.89. The van der Waals surface area contributed by atoms with E-state index in [1.807, 2.05) is 42.7 Å². The van der Waals surface area contributed by atoms with Crippen molar-refractivity contribution in [2.75, 3.05) is 0 Å². The number of hydrogen-bond donors (Lipinski definition) is 0. The quantitative estimate of drug-likeness (QED) is 0.621. The number of imidazole rings is 1. The molecule has 1 heterocycles. The van der Waals surface area contributed by atoms with E-state index in [2.05, 4.69) is 4.98 Å². The number of hydrogen-bond acceptors (Lipinski definition) is 1. The van der Waals surface area contributed by atoms with Crippen molar-refractivity contribution < 1.29 is 4.39 Å². The van der Waals surface area contributed by atoms with Gasteiger partial charge in [0.1, 0.15) is 11.6 Å². The van der Waals surface area contributed by atoms with Crippen molar-refractivity contribution in [3.05, 3.63) is 59.7 Å². The van der Waals surface area contributed by atoms with Crippen molar-refractivity contribution >= 4 is 22.6 Å². The van der Waals surface area contributed by atoms with Crippen LogP contribution >= 0.6 is 11.6 Å². The Hall–Kier alpha value is -1.87. The average molecular weight is 289 g/mol. The van der Waals surface area contributed by atoms with Gasteiger partial charge in [0.2, 0.25) is 0 Å². The molecule has 20 heavy (non-hydrogen) atoms. The van der Waals surface area contributed by atoms with E-state index in [4.69, 9.17) is 11.6 Å². The molecule has 1 aromatic heterocycles. The molecule has 102 valence electrons. The summed E-state index contributed by atoms with van der Waals surface area (Å²) in [5.74, 6) is 0.447. The molecule has 3 rings (SSSR count). The van der Waals surface area contributed by atoms with E-state index in [0.29, 0.717) is 0 Å². The van der Waals surface area contributed by atoms with Gasteiger partial charge in [-0.05, 0) is 49.7 Å². The predicted octanol–water partition coefficient (Wildman–Crippen LogP) is 4.77. The number of fused-ring (bicyclic) bond motifs is 1. The summed E-state index contributed by atoms with van der Waals surface area (Å²) in [5, 5.41) is -0.258. The van der Waals surface area contributed by atoms with Crippen LogP contribution in [0.1, 0.15) is 23.7 Å².